The molecule has 0 saturated carbocycles. The summed E-state index contributed by atoms with van der Waals surface area (Å²) < 4.78 is 1.93. The van der Waals surface area contributed by atoms with E-state index in [0.717, 1.165) is 23.5 Å². The molecule has 24 heavy (non-hydrogen) atoms. The highest BCUT2D eigenvalue weighted by atomic mass is 16.2. The number of nitrogens with two attached hydrogens (primary N) is 1. The number of amides is 1. The smallest absolute Gasteiger partial charge is 0.268 e. The van der Waals surface area contributed by atoms with Crippen molar-refractivity contribution in [3.63, 3.8) is 0 Å². The van der Waals surface area contributed by atoms with E-state index in [1.165, 1.54) is 25.9 Å². The summed E-state index contributed by atoms with van der Waals surface area (Å²) >= 11 is 0. The maximum atomic E-state index is 12.8. The van der Waals surface area contributed by atoms with Crippen molar-refractivity contribution in [3.05, 3.63) is 42.1 Å². The third-order valence-corrected chi connectivity index (χ3v) is 5.56. The Bertz CT molecular complexity index is 758. The van der Waals surface area contributed by atoms with Crippen molar-refractivity contribution in [1.29, 1.82) is 0 Å². The normalized spacial score (nSPS) is 25.6. The largest absolute Gasteiger partial charge is 0.398 e. The molecule has 5 rings (SSSR count). The van der Waals surface area contributed by atoms with Gasteiger partial charge in [0.25, 0.3) is 5.91 Å². The summed E-state index contributed by atoms with van der Waals surface area (Å²) in [6, 6.07) is 11.9. The Morgan fingerprint density at radius 2 is 1.92 bits per heavy atom. The quantitative estimate of drug-likeness (QED) is 0.850. The first-order chi connectivity index (χ1) is 11.6. The maximum absolute atomic E-state index is 12.8. The van der Waals surface area contributed by atoms with Crippen LogP contribution in [0.3, 0.4) is 0 Å². The number of aromatic nitrogens is 1. The topological polar surface area (TPSA) is 63.3 Å². The van der Waals surface area contributed by atoms with E-state index < -0.39 is 0 Å². The van der Waals surface area contributed by atoms with Gasteiger partial charge in [-0.2, -0.15) is 0 Å². The van der Waals surface area contributed by atoms with Crippen LogP contribution in [0, 0.1) is 5.92 Å². The number of para-hydroxylation sites is 1. The fraction of sp³-hybridized carbons (Fsp3) is 0.421. The van der Waals surface area contributed by atoms with Gasteiger partial charge in [0.2, 0.25) is 0 Å². The van der Waals surface area contributed by atoms with Crippen molar-refractivity contribution >= 4 is 11.6 Å². The molecule has 1 atom stereocenters. The highest BCUT2D eigenvalue weighted by Crippen LogP contribution is 2.29. The first kappa shape index (κ1) is 15.3. The molecule has 4 heterocycles. The molecular formula is C19H24N4O. The van der Waals surface area contributed by atoms with Crippen LogP contribution in [0.1, 0.15) is 23.3 Å². The second-order valence-corrected chi connectivity index (χ2v) is 6.97. The lowest BCUT2D eigenvalue weighted by molar-refractivity contribution is 0.0616. The van der Waals surface area contributed by atoms with Gasteiger partial charge in [0, 0.05) is 30.9 Å². The summed E-state index contributed by atoms with van der Waals surface area (Å²) in [5, 5.41) is 3.25. The van der Waals surface area contributed by atoms with E-state index in [-0.39, 0.29) is 11.9 Å². The molecule has 2 bridgehead atoms. The van der Waals surface area contributed by atoms with Gasteiger partial charge in [-0.3, -0.25) is 4.79 Å². The van der Waals surface area contributed by atoms with Gasteiger partial charge in [-0.25, -0.2) is 0 Å². The van der Waals surface area contributed by atoms with E-state index in [0.29, 0.717) is 11.6 Å². The van der Waals surface area contributed by atoms with Crippen LogP contribution in [0.5, 0.6) is 0 Å². The van der Waals surface area contributed by atoms with Gasteiger partial charge in [0.15, 0.2) is 0 Å². The summed E-state index contributed by atoms with van der Waals surface area (Å²) in [4.78, 5) is 15.2. The molecule has 1 amide bonds. The van der Waals surface area contributed by atoms with Crippen LogP contribution >= 0.6 is 0 Å². The molecule has 3 aliphatic heterocycles. The molecule has 3 N–H and O–H groups in total. The Morgan fingerprint density at radius 3 is 2.58 bits per heavy atom. The predicted molar refractivity (Wildman–Crippen MR) is 95.7 cm³/mol. The number of fused-ring (bicyclic) bond motifs is 3. The lowest BCUT2D eigenvalue weighted by Gasteiger charge is -2.44. The number of carbonyl (C=O) groups is 1. The summed E-state index contributed by atoms with van der Waals surface area (Å²) in [6.07, 6.45) is 2.40. The van der Waals surface area contributed by atoms with Gasteiger partial charge >= 0.3 is 0 Å². The van der Waals surface area contributed by atoms with Crippen LogP contribution in [0.4, 0.5) is 5.69 Å². The molecule has 1 aromatic heterocycles. The summed E-state index contributed by atoms with van der Waals surface area (Å²) in [5.74, 6) is 0.639. The monoisotopic (exact) mass is 324 g/mol. The van der Waals surface area contributed by atoms with Gasteiger partial charge in [-0.1, -0.05) is 18.2 Å². The minimum atomic E-state index is 0.0111. The van der Waals surface area contributed by atoms with Crippen molar-refractivity contribution in [2.24, 2.45) is 13.0 Å². The molecule has 3 aliphatic rings. The summed E-state index contributed by atoms with van der Waals surface area (Å²) in [7, 11) is 1.92. The number of nitrogens with zero attached hydrogens (tertiary/aromatic N) is 2. The highest BCUT2D eigenvalue weighted by Gasteiger charge is 2.35. The zero-order valence-electron chi connectivity index (χ0n) is 14.0. The van der Waals surface area contributed by atoms with Gasteiger partial charge < -0.3 is 20.5 Å². The summed E-state index contributed by atoms with van der Waals surface area (Å²) in [5.41, 5.74) is 9.41. The molecule has 5 nitrogen and oxygen atoms in total. The zero-order valence-corrected chi connectivity index (χ0v) is 14.0. The van der Waals surface area contributed by atoms with E-state index >= 15 is 0 Å². The Morgan fingerprint density at radius 1 is 1.17 bits per heavy atom. The van der Waals surface area contributed by atoms with Crippen LogP contribution in [0.15, 0.2) is 36.4 Å². The van der Waals surface area contributed by atoms with Crippen LogP contribution in [0.25, 0.3) is 11.3 Å². The molecule has 0 unspecified atom stereocenters. The SMILES string of the molecule is Cn1c(C(=O)N[C@H]2CN3CCC2CC3)ccc1-c1ccccc1N. The Balaban J connectivity index is 1.55. The van der Waals surface area contributed by atoms with Crippen molar-refractivity contribution in [2.75, 3.05) is 25.4 Å². The molecule has 0 radical (unpaired) electrons. The fourth-order valence-corrected chi connectivity index (χ4v) is 4.11. The minimum Gasteiger partial charge on any atom is -0.398 e. The molecule has 3 saturated heterocycles. The van der Waals surface area contributed by atoms with E-state index in [9.17, 15) is 4.79 Å². The minimum absolute atomic E-state index is 0.0111. The number of nitrogen functional groups attached to an aromatic ring is 1. The Hall–Kier alpha value is -2.27. The average Bonchev–Trinajstić information content (AvgIpc) is 2.98. The second kappa shape index (κ2) is 5.98. The third-order valence-electron chi connectivity index (χ3n) is 5.56. The summed E-state index contributed by atoms with van der Waals surface area (Å²) in [6.45, 7) is 3.34. The molecule has 5 heteroatoms. The molecule has 3 fully saturated rings. The van der Waals surface area contributed by atoms with Crippen molar-refractivity contribution < 1.29 is 4.79 Å². The first-order valence-electron chi connectivity index (χ1n) is 8.67. The van der Waals surface area contributed by atoms with Crippen molar-refractivity contribution in [1.82, 2.24) is 14.8 Å². The predicted octanol–water partition coefficient (Wildman–Crippen LogP) is 2.10. The number of anilines is 1. The molecule has 0 spiro atoms. The standard InChI is InChI=1S/C19H24N4O/c1-22-17(14-4-2-3-5-15(14)20)6-7-18(22)19(24)21-16-12-23-10-8-13(16)9-11-23/h2-7,13,16H,8-12,20H2,1H3,(H,21,24)/t16-/m0/s1. The number of benzene rings is 1. The lowest BCUT2D eigenvalue weighted by atomic mass is 9.84. The molecule has 2 aromatic rings. The van der Waals surface area contributed by atoms with Gasteiger partial charge in [0.05, 0.1) is 5.69 Å². The number of rotatable bonds is 3. The second-order valence-electron chi connectivity index (χ2n) is 6.97. The molecule has 1 aromatic carbocycles. The van der Waals surface area contributed by atoms with Crippen molar-refractivity contribution in [3.8, 4) is 11.3 Å². The van der Waals surface area contributed by atoms with Gasteiger partial charge in [0.1, 0.15) is 5.69 Å². The number of hydrogen-bond acceptors (Lipinski definition) is 3. The number of carbonyl (C=O) groups excluding carboxylic acids is 1. The zero-order chi connectivity index (χ0) is 16.7. The van der Waals surface area contributed by atoms with Crippen LogP contribution < -0.4 is 11.1 Å². The highest BCUT2D eigenvalue weighted by molar-refractivity contribution is 5.94. The van der Waals surface area contributed by atoms with E-state index in [1.807, 2.05) is 48.0 Å². The molecule has 0 aliphatic carbocycles. The van der Waals surface area contributed by atoms with E-state index in [4.69, 9.17) is 5.73 Å². The molecular weight excluding hydrogens is 300 g/mol. The average molecular weight is 324 g/mol. The number of hydrogen-bond donors (Lipinski definition) is 2. The van der Waals surface area contributed by atoms with E-state index in [2.05, 4.69) is 10.2 Å². The third kappa shape index (κ3) is 2.59. The van der Waals surface area contributed by atoms with Gasteiger partial charge in [-0.15, -0.1) is 0 Å². The van der Waals surface area contributed by atoms with Crippen LogP contribution in [-0.4, -0.2) is 41.1 Å². The maximum Gasteiger partial charge on any atom is 0.268 e. The number of nitrogens with one attached hydrogen (secondary N) is 1. The van der Waals surface area contributed by atoms with Crippen LogP contribution in [0.2, 0.25) is 0 Å². The number of piperidine rings is 3. The lowest BCUT2D eigenvalue weighted by Crippen LogP contribution is -2.57. The Kier molecular flexibility index (Phi) is 3.81. The van der Waals surface area contributed by atoms with Gasteiger partial charge in [-0.05, 0) is 50.0 Å². The fourth-order valence-electron chi connectivity index (χ4n) is 4.11. The Labute approximate surface area is 142 Å². The first-order valence-corrected chi connectivity index (χ1v) is 8.67. The van der Waals surface area contributed by atoms with E-state index in [1.54, 1.807) is 0 Å². The molecule has 126 valence electrons. The van der Waals surface area contributed by atoms with Crippen molar-refractivity contribution in [2.45, 2.75) is 18.9 Å². The van der Waals surface area contributed by atoms with Crippen LogP contribution in [-0.2, 0) is 7.05 Å².